The van der Waals surface area contributed by atoms with Crippen LogP contribution in [0.25, 0.3) is 0 Å². The summed E-state index contributed by atoms with van der Waals surface area (Å²) in [7, 11) is -1.88. The number of rotatable bonds is 5. The lowest BCUT2D eigenvalue weighted by Gasteiger charge is -2.08. The summed E-state index contributed by atoms with van der Waals surface area (Å²) in [6.45, 7) is 0.224. The fraction of sp³-hybridized carbons (Fsp3) is 0.300. The zero-order valence-electron chi connectivity index (χ0n) is 9.40. The van der Waals surface area contributed by atoms with E-state index in [1.165, 1.54) is 13.1 Å². The first-order valence-electron chi connectivity index (χ1n) is 4.93. The maximum atomic E-state index is 11.2. The van der Waals surface area contributed by atoms with Crippen molar-refractivity contribution in [3.8, 4) is 6.07 Å². The molecule has 0 aliphatic rings. The molecule has 0 saturated heterocycles. The number of nitrogens with one attached hydrogen (secondary N) is 2. The van der Waals surface area contributed by atoms with Gasteiger partial charge in [-0.3, -0.25) is 0 Å². The van der Waals surface area contributed by atoms with Gasteiger partial charge in [-0.05, 0) is 25.2 Å². The standard InChI is InChI=1S/C10H14N4O2S/c1-13-17(15,16)5-4-14-10-3-2-9(12)6-8(10)7-11/h2-3,6,13-14H,4-5,12H2,1H3. The Morgan fingerprint density at radius 1 is 1.47 bits per heavy atom. The molecule has 0 bridgehead atoms. The minimum atomic E-state index is -3.24. The SMILES string of the molecule is CNS(=O)(=O)CCNc1ccc(N)cc1C#N. The molecule has 6 nitrogen and oxygen atoms in total. The first kappa shape index (κ1) is 13.3. The van der Waals surface area contributed by atoms with Crippen molar-refractivity contribution in [2.24, 2.45) is 0 Å². The molecular weight excluding hydrogens is 240 g/mol. The van der Waals surface area contributed by atoms with E-state index < -0.39 is 10.0 Å². The molecule has 0 unspecified atom stereocenters. The molecule has 0 fully saturated rings. The van der Waals surface area contributed by atoms with Crippen LogP contribution in [0.5, 0.6) is 0 Å². The summed E-state index contributed by atoms with van der Waals surface area (Å²) < 4.78 is 24.5. The first-order valence-corrected chi connectivity index (χ1v) is 6.58. The van der Waals surface area contributed by atoms with Crippen LogP contribution in [0, 0.1) is 11.3 Å². The largest absolute Gasteiger partial charge is 0.399 e. The minimum absolute atomic E-state index is 0.0568. The average molecular weight is 254 g/mol. The maximum Gasteiger partial charge on any atom is 0.213 e. The molecule has 4 N–H and O–H groups in total. The van der Waals surface area contributed by atoms with Crippen LogP contribution in [0.3, 0.4) is 0 Å². The van der Waals surface area contributed by atoms with Gasteiger partial charge in [-0.2, -0.15) is 5.26 Å². The molecule has 0 heterocycles. The molecule has 0 aliphatic heterocycles. The van der Waals surface area contributed by atoms with Crippen LogP contribution in [0.4, 0.5) is 11.4 Å². The molecule has 7 heteroatoms. The van der Waals surface area contributed by atoms with E-state index in [9.17, 15) is 8.42 Å². The Morgan fingerprint density at radius 2 is 2.18 bits per heavy atom. The number of hydrogen-bond donors (Lipinski definition) is 3. The van der Waals surface area contributed by atoms with E-state index in [1.54, 1.807) is 12.1 Å². The number of hydrogen-bond acceptors (Lipinski definition) is 5. The lowest BCUT2D eigenvalue weighted by Crippen LogP contribution is -2.26. The Kier molecular flexibility index (Phi) is 4.31. The lowest BCUT2D eigenvalue weighted by atomic mass is 10.2. The highest BCUT2D eigenvalue weighted by atomic mass is 32.2. The fourth-order valence-corrected chi connectivity index (χ4v) is 1.81. The van der Waals surface area contributed by atoms with Crippen LogP contribution in [0.1, 0.15) is 5.56 Å². The number of sulfonamides is 1. The van der Waals surface area contributed by atoms with Crippen LogP contribution < -0.4 is 15.8 Å². The number of nitrogens with two attached hydrogens (primary N) is 1. The minimum Gasteiger partial charge on any atom is -0.399 e. The Labute approximate surface area is 100 Å². The van der Waals surface area contributed by atoms with Crippen LogP contribution >= 0.6 is 0 Å². The van der Waals surface area contributed by atoms with Gasteiger partial charge in [0.15, 0.2) is 0 Å². The Balaban J connectivity index is 2.68. The van der Waals surface area contributed by atoms with Crippen LogP contribution in [-0.4, -0.2) is 27.8 Å². The van der Waals surface area contributed by atoms with Gasteiger partial charge < -0.3 is 11.1 Å². The number of nitrogens with zero attached hydrogens (tertiary/aromatic N) is 1. The van der Waals surface area contributed by atoms with Crippen molar-refractivity contribution in [2.75, 3.05) is 30.4 Å². The summed E-state index contributed by atoms with van der Waals surface area (Å²) in [6, 6.07) is 6.83. The predicted molar refractivity (Wildman–Crippen MR) is 66.9 cm³/mol. The Bertz CT molecular complexity index is 534. The highest BCUT2D eigenvalue weighted by molar-refractivity contribution is 7.89. The van der Waals surface area contributed by atoms with Crippen LogP contribution in [-0.2, 0) is 10.0 Å². The number of nitrogen functional groups attached to an aromatic ring is 1. The van der Waals surface area contributed by atoms with Gasteiger partial charge in [0.1, 0.15) is 6.07 Å². The summed E-state index contributed by atoms with van der Waals surface area (Å²) >= 11 is 0. The van der Waals surface area contributed by atoms with E-state index in [1.807, 2.05) is 6.07 Å². The molecule has 1 rings (SSSR count). The Hall–Kier alpha value is -1.78. The number of nitriles is 1. The van der Waals surface area contributed by atoms with Crippen LogP contribution in [0.15, 0.2) is 18.2 Å². The third kappa shape index (κ3) is 3.94. The van der Waals surface area contributed by atoms with Crippen molar-refractivity contribution in [3.05, 3.63) is 23.8 Å². The van der Waals surface area contributed by atoms with E-state index in [0.717, 1.165) is 0 Å². The summed E-state index contributed by atoms with van der Waals surface area (Å²) in [5.41, 5.74) is 7.01. The predicted octanol–water partition coefficient (Wildman–Crippen LogP) is 0.102. The van der Waals surface area contributed by atoms with E-state index in [4.69, 9.17) is 11.0 Å². The topological polar surface area (TPSA) is 108 Å². The second-order valence-corrected chi connectivity index (χ2v) is 5.41. The van der Waals surface area contributed by atoms with E-state index in [0.29, 0.717) is 16.9 Å². The van der Waals surface area contributed by atoms with Crippen molar-refractivity contribution in [2.45, 2.75) is 0 Å². The summed E-state index contributed by atoms with van der Waals surface area (Å²) in [6.07, 6.45) is 0. The summed E-state index contributed by atoms with van der Waals surface area (Å²) in [5.74, 6) is -0.0568. The van der Waals surface area contributed by atoms with E-state index >= 15 is 0 Å². The highest BCUT2D eigenvalue weighted by Gasteiger charge is 2.07. The van der Waals surface area contributed by atoms with Crippen molar-refractivity contribution < 1.29 is 8.42 Å². The maximum absolute atomic E-state index is 11.2. The molecular formula is C10H14N4O2S. The van der Waals surface area contributed by atoms with Gasteiger partial charge in [0.2, 0.25) is 10.0 Å². The smallest absolute Gasteiger partial charge is 0.213 e. The van der Waals surface area contributed by atoms with Gasteiger partial charge in [0, 0.05) is 12.2 Å². The van der Waals surface area contributed by atoms with Gasteiger partial charge in [0.05, 0.1) is 17.0 Å². The van der Waals surface area contributed by atoms with E-state index in [2.05, 4.69) is 10.0 Å². The molecule has 0 aromatic heterocycles. The quantitative estimate of drug-likeness (QED) is 0.646. The second-order valence-electron chi connectivity index (χ2n) is 3.37. The molecule has 92 valence electrons. The molecule has 0 atom stereocenters. The van der Waals surface area contributed by atoms with Crippen molar-refractivity contribution >= 4 is 21.4 Å². The van der Waals surface area contributed by atoms with Gasteiger partial charge in [0.25, 0.3) is 0 Å². The monoisotopic (exact) mass is 254 g/mol. The van der Waals surface area contributed by atoms with Crippen molar-refractivity contribution in [1.82, 2.24) is 4.72 Å². The van der Waals surface area contributed by atoms with Gasteiger partial charge >= 0.3 is 0 Å². The van der Waals surface area contributed by atoms with E-state index in [-0.39, 0.29) is 12.3 Å². The van der Waals surface area contributed by atoms with Crippen molar-refractivity contribution in [1.29, 1.82) is 5.26 Å². The molecule has 1 aromatic rings. The number of benzene rings is 1. The average Bonchev–Trinajstić information content (AvgIpc) is 2.30. The molecule has 0 saturated carbocycles. The summed E-state index contributed by atoms with van der Waals surface area (Å²) in [4.78, 5) is 0. The molecule has 0 amide bonds. The molecule has 0 spiro atoms. The third-order valence-electron chi connectivity index (χ3n) is 2.16. The number of anilines is 2. The van der Waals surface area contributed by atoms with Gasteiger partial charge in [-0.1, -0.05) is 0 Å². The highest BCUT2D eigenvalue weighted by Crippen LogP contribution is 2.17. The second kappa shape index (κ2) is 5.52. The molecule has 0 aliphatic carbocycles. The Morgan fingerprint density at radius 3 is 2.76 bits per heavy atom. The summed E-state index contributed by atoms with van der Waals surface area (Å²) in [5, 5.41) is 11.8. The molecule has 17 heavy (non-hydrogen) atoms. The first-order chi connectivity index (χ1) is 7.98. The fourth-order valence-electron chi connectivity index (χ4n) is 1.23. The van der Waals surface area contributed by atoms with Crippen molar-refractivity contribution in [3.63, 3.8) is 0 Å². The molecule has 0 radical (unpaired) electrons. The van der Waals surface area contributed by atoms with Gasteiger partial charge in [-0.15, -0.1) is 0 Å². The zero-order valence-corrected chi connectivity index (χ0v) is 10.2. The zero-order chi connectivity index (χ0) is 12.9. The molecule has 1 aromatic carbocycles. The lowest BCUT2D eigenvalue weighted by molar-refractivity contribution is 0.588. The van der Waals surface area contributed by atoms with Gasteiger partial charge in [-0.25, -0.2) is 13.1 Å². The third-order valence-corrected chi connectivity index (χ3v) is 3.52. The normalized spacial score (nSPS) is 10.8. The van der Waals surface area contributed by atoms with Crippen LogP contribution in [0.2, 0.25) is 0 Å².